The largest absolute Gasteiger partial charge is 0.304 e. The summed E-state index contributed by atoms with van der Waals surface area (Å²) in [5.74, 6) is -0.662. The zero-order valence-electron chi connectivity index (χ0n) is 13.2. The van der Waals surface area contributed by atoms with Crippen LogP contribution in [0.25, 0.3) is 16.8 Å². The molecule has 0 fully saturated rings. The summed E-state index contributed by atoms with van der Waals surface area (Å²) in [6.45, 7) is 4.07. The Kier molecular flexibility index (Phi) is 5.52. The number of hydrogen-bond acceptors (Lipinski definition) is 3. The van der Waals surface area contributed by atoms with E-state index in [0.717, 1.165) is 16.3 Å². The molecule has 0 spiro atoms. The van der Waals surface area contributed by atoms with E-state index in [4.69, 9.17) is 0 Å². The zero-order valence-corrected chi connectivity index (χ0v) is 14.0. The lowest BCUT2D eigenvalue weighted by molar-refractivity contribution is -0.114. The number of fused-ring (bicyclic) bond motifs is 1. The van der Waals surface area contributed by atoms with E-state index in [1.54, 1.807) is 19.9 Å². The molecule has 0 aliphatic heterocycles. The Labute approximate surface area is 136 Å². The minimum absolute atomic E-state index is 0.312. The van der Waals surface area contributed by atoms with Crippen molar-refractivity contribution in [1.29, 1.82) is 0 Å². The molecule has 0 bridgehead atoms. The van der Waals surface area contributed by atoms with Gasteiger partial charge in [-0.05, 0) is 22.4 Å². The molecule has 1 N–H and O–H groups in total. The van der Waals surface area contributed by atoms with E-state index in [1.165, 1.54) is 10.4 Å². The van der Waals surface area contributed by atoms with Crippen molar-refractivity contribution in [3.05, 3.63) is 54.1 Å². The fraction of sp³-hybridized carbons (Fsp3) is 0.235. The van der Waals surface area contributed by atoms with Crippen LogP contribution in [-0.4, -0.2) is 31.7 Å². The first kappa shape index (κ1) is 17.2. The Morgan fingerprint density at radius 2 is 1.74 bits per heavy atom. The minimum Gasteiger partial charge on any atom is -0.269 e. The van der Waals surface area contributed by atoms with E-state index < -0.39 is 16.1 Å². The molecule has 0 saturated carbocycles. The number of carbonyl (C=O) groups is 1. The van der Waals surface area contributed by atoms with Crippen molar-refractivity contribution in [2.24, 2.45) is 0 Å². The van der Waals surface area contributed by atoms with Gasteiger partial charge >= 0.3 is 10.2 Å². The number of carbonyl (C=O) groups excluding carboxylic acids is 1. The SMILES string of the molecule is CCN(CC)S(=O)(=O)NC(=O)/C=C/c1cccc2ccccc12. The molecule has 0 heterocycles. The summed E-state index contributed by atoms with van der Waals surface area (Å²) in [5, 5.41) is 2.07. The molecule has 0 aliphatic carbocycles. The van der Waals surface area contributed by atoms with Crippen LogP contribution < -0.4 is 4.72 Å². The van der Waals surface area contributed by atoms with Crippen LogP contribution in [0.5, 0.6) is 0 Å². The predicted molar refractivity (Wildman–Crippen MR) is 93.0 cm³/mol. The van der Waals surface area contributed by atoms with Crippen molar-refractivity contribution in [1.82, 2.24) is 9.03 Å². The molecule has 0 unspecified atom stereocenters. The van der Waals surface area contributed by atoms with Crippen molar-refractivity contribution in [2.45, 2.75) is 13.8 Å². The van der Waals surface area contributed by atoms with Gasteiger partial charge in [-0.15, -0.1) is 0 Å². The second-order valence-electron chi connectivity index (χ2n) is 4.96. The third-order valence-electron chi connectivity index (χ3n) is 3.51. The zero-order chi connectivity index (χ0) is 16.9. The minimum atomic E-state index is -3.79. The Hall–Kier alpha value is -2.18. The van der Waals surface area contributed by atoms with Crippen molar-refractivity contribution < 1.29 is 13.2 Å². The average Bonchev–Trinajstić information content (AvgIpc) is 2.53. The normalized spacial score (nSPS) is 12.1. The quantitative estimate of drug-likeness (QED) is 0.827. The van der Waals surface area contributed by atoms with Gasteiger partial charge in [0, 0.05) is 19.2 Å². The smallest absolute Gasteiger partial charge is 0.269 e. The van der Waals surface area contributed by atoms with Gasteiger partial charge in [0.2, 0.25) is 0 Å². The van der Waals surface area contributed by atoms with Crippen molar-refractivity contribution >= 4 is 33.0 Å². The summed E-state index contributed by atoms with van der Waals surface area (Å²) < 4.78 is 27.2. The molecule has 5 nitrogen and oxygen atoms in total. The Bertz CT molecular complexity index is 819. The van der Waals surface area contributed by atoms with Gasteiger partial charge in [0.15, 0.2) is 0 Å². The molecule has 0 radical (unpaired) electrons. The number of nitrogens with one attached hydrogen (secondary N) is 1. The Balaban J connectivity index is 2.18. The number of amides is 1. The van der Waals surface area contributed by atoms with Crippen LogP contribution in [0.3, 0.4) is 0 Å². The topological polar surface area (TPSA) is 66.5 Å². The van der Waals surface area contributed by atoms with Gasteiger partial charge in [0.05, 0.1) is 0 Å². The van der Waals surface area contributed by atoms with Gasteiger partial charge in [-0.3, -0.25) is 4.79 Å². The first-order valence-corrected chi connectivity index (χ1v) is 8.89. The first-order valence-electron chi connectivity index (χ1n) is 7.45. The highest BCUT2D eigenvalue weighted by molar-refractivity contribution is 7.87. The lowest BCUT2D eigenvalue weighted by Gasteiger charge is -2.17. The van der Waals surface area contributed by atoms with E-state index in [1.807, 2.05) is 47.2 Å². The summed E-state index contributed by atoms with van der Waals surface area (Å²) in [6.07, 6.45) is 2.86. The van der Waals surface area contributed by atoms with Crippen molar-refractivity contribution in [2.75, 3.05) is 13.1 Å². The van der Waals surface area contributed by atoms with Gasteiger partial charge in [0.1, 0.15) is 0 Å². The van der Waals surface area contributed by atoms with Gasteiger partial charge < -0.3 is 0 Å². The number of rotatable bonds is 6. The second-order valence-corrected chi connectivity index (χ2v) is 6.63. The summed E-state index contributed by atoms with van der Waals surface area (Å²) in [4.78, 5) is 11.9. The summed E-state index contributed by atoms with van der Waals surface area (Å²) >= 11 is 0. The monoisotopic (exact) mass is 332 g/mol. The second kappa shape index (κ2) is 7.39. The van der Waals surface area contributed by atoms with Gasteiger partial charge in [-0.1, -0.05) is 56.3 Å². The number of benzene rings is 2. The molecule has 0 saturated heterocycles. The Morgan fingerprint density at radius 1 is 1.09 bits per heavy atom. The van der Waals surface area contributed by atoms with E-state index in [2.05, 4.69) is 0 Å². The van der Waals surface area contributed by atoms with E-state index in [0.29, 0.717) is 13.1 Å². The van der Waals surface area contributed by atoms with Crippen LogP contribution in [0, 0.1) is 0 Å². The van der Waals surface area contributed by atoms with E-state index in [9.17, 15) is 13.2 Å². The van der Waals surface area contributed by atoms with Crippen LogP contribution in [-0.2, 0) is 15.0 Å². The molecule has 2 aromatic rings. The molecule has 0 aromatic heterocycles. The maximum absolute atomic E-state index is 12.0. The lowest BCUT2D eigenvalue weighted by Crippen LogP contribution is -2.42. The third kappa shape index (κ3) is 4.18. The van der Waals surface area contributed by atoms with Crippen molar-refractivity contribution in [3.8, 4) is 0 Å². The maximum Gasteiger partial charge on any atom is 0.304 e. The van der Waals surface area contributed by atoms with Gasteiger partial charge in [0.25, 0.3) is 5.91 Å². The molecule has 1 amide bonds. The highest BCUT2D eigenvalue weighted by atomic mass is 32.2. The summed E-state index contributed by atoms with van der Waals surface area (Å²) in [6, 6.07) is 13.6. The highest BCUT2D eigenvalue weighted by Gasteiger charge is 2.19. The molecule has 122 valence electrons. The number of nitrogens with zero attached hydrogens (tertiary/aromatic N) is 1. The summed E-state index contributed by atoms with van der Waals surface area (Å²) in [7, 11) is -3.79. The average molecular weight is 332 g/mol. The lowest BCUT2D eigenvalue weighted by atomic mass is 10.0. The predicted octanol–water partition coefficient (Wildman–Crippen LogP) is 2.56. The standard InChI is InChI=1S/C17H20N2O3S/c1-3-19(4-2)23(21,22)18-17(20)13-12-15-10-7-9-14-8-5-6-11-16(14)15/h5-13H,3-4H2,1-2H3,(H,18,20)/b13-12+. The van der Waals surface area contributed by atoms with Crippen LogP contribution in [0.1, 0.15) is 19.4 Å². The van der Waals surface area contributed by atoms with Gasteiger partial charge in [-0.25, -0.2) is 4.72 Å². The molecular formula is C17H20N2O3S. The van der Waals surface area contributed by atoms with Crippen LogP contribution in [0.4, 0.5) is 0 Å². The molecule has 23 heavy (non-hydrogen) atoms. The summed E-state index contributed by atoms with van der Waals surface area (Å²) in [5.41, 5.74) is 0.860. The fourth-order valence-corrected chi connectivity index (χ4v) is 3.48. The van der Waals surface area contributed by atoms with Gasteiger partial charge in [-0.2, -0.15) is 12.7 Å². The van der Waals surface area contributed by atoms with Crippen molar-refractivity contribution in [3.63, 3.8) is 0 Å². The maximum atomic E-state index is 12.0. The molecule has 2 aromatic carbocycles. The fourth-order valence-electron chi connectivity index (χ4n) is 2.35. The van der Waals surface area contributed by atoms with Crippen LogP contribution in [0.15, 0.2) is 48.5 Å². The number of hydrogen-bond donors (Lipinski definition) is 1. The van der Waals surface area contributed by atoms with E-state index in [-0.39, 0.29) is 0 Å². The molecule has 0 aliphatic rings. The highest BCUT2D eigenvalue weighted by Crippen LogP contribution is 2.19. The Morgan fingerprint density at radius 3 is 2.43 bits per heavy atom. The van der Waals surface area contributed by atoms with E-state index >= 15 is 0 Å². The molecule has 0 atom stereocenters. The third-order valence-corrected chi connectivity index (χ3v) is 5.17. The first-order chi connectivity index (χ1) is 11.0. The molecular weight excluding hydrogens is 312 g/mol. The molecule has 6 heteroatoms. The molecule has 2 rings (SSSR count). The van der Waals surface area contributed by atoms with Crippen LogP contribution in [0.2, 0.25) is 0 Å². The van der Waals surface area contributed by atoms with Crippen LogP contribution >= 0.6 is 0 Å².